The van der Waals surface area contributed by atoms with Crippen molar-refractivity contribution in [1.82, 2.24) is 24.7 Å². The second kappa shape index (κ2) is 5.59. The van der Waals surface area contributed by atoms with Crippen LogP contribution < -0.4 is 5.73 Å². The van der Waals surface area contributed by atoms with Crippen LogP contribution in [-0.4, -0.2) is 24.7 Å². The number of nitrogens with zero attached hydrogens (tertiary/aromatic N) is 5. The lowest BCUT2D eigenvalue weighted by molar-refractivity contribution is 0.0504. The molecule has 1 fully saturated rings. The molecule has 0 aromatic carbocycles. The van der Waals surface area contributed by atoms with Crippen molar-refractivity contribution in [2.45, 2.75) is 39.2 Å². The Morgan fingerprint density at radius 3 is 2.96 bits per heavy atom. The summed E-state index contributed by atoms with van der Waals surface area (Å²) in [6, 6.07) is 4.29. The topological polar surface area (TPSA) is 109 Å². The van der Waals surface area contributed by atoms with Gasteiger partial charge in [0.2, 0.25) is 0 Å². The monoisotopic (exact) mass is 335 g/mol. The number of hydrogen-bond acceptors (Lipinski definition) is 5. The number of rotatable bonds is 4. The summed E-state index contributed by atoms with van der Waals surface area (Å²) in [4.78, 5) is 11.7. The predicted octanol–water partition coefficient (Wildman–Crippen LogP) is 3.29. The van der Waals surface area contributed by atoms with Crippen molar-refractivity contribution in [2.24, 2.45) is 11.3 Å². The van der Waals surface area contributed by atoms with Crippen LogP contribution in [0.25, 0.3) is 22.3 Å². The van der Waals surface area contributed by atoms with Gasteiger partial charge in [-0.25, -0.2) is 9.97 Å². The molecule has 7 heteroatoms. The maximum atomic E-state index is 9.26. The van der Waals surface area contributed by atoms with Crippen molar-refractivity contribution in [3.8, 4) is 17.3 Å². The molecule has 3 aromatic heterocycles. The zero-order chi connectivity index (χ0) is 17.6. The Morgan fingerprint density at radius 1 is 1.44 bits per heavy atom. The first-order chi connectivity index (χ1) is 12.0. The van der Waals surface area contributed by atoms with Crippen molar-refractivity contribution >= 4 is 16.9 Å². The zero-order valence-corrected chi connectivity index (χ0v) is 14.4. The molecule has 1 saturated carbocycles. The highest BCUT2D eigenvalue weighted by molar-refractivity contribution is 5.92. The molecule has 3 N–H and O–H groups in total. The lowest BCUT2D eigenvalue weighted by atomic mass is 9.61. The maximum absolute atomic E-state index is 9.26. The Hall–Kier alpha value is -2.88. The van der Waals surface area contributed by atoms with Crippen LogP contribution in [-0.2, 0) is 0 Å². The molecule has 1 unspecified atom stereocenters. The minimum absolute atomic E-state index is 0.0534. The summed E-state index contributed by atoms with van der Waals surface area (Å²) in [5, 5.41) is 14.7. The van der Waals surface area contributed by atoms with Crippen LogP contribution in [0.3, 0.4) is 0 Å². The Balaban J connectivity index is 1.72. The number of H-pyrrole nitrogens is 1. The molecule has 7 nitrogen and oxygen atoms in total. The number of nitrogen functional groups attached to an aromatic ring is 1. The number of aromatic amines is 1. The van der Waals surface area contributed by atoms with E-state index < -0.39 is 0 Å². The average Bonchev–Trinajstić information content (AvgIpc) is 3.16. The average molecular weight is 335 g/mol. The summed E-state index contributed by atoms with van der Waals surface area (Å²) < 4.78 is 1.87. The number of hydrogen-bond donors (Lipinski definition) is 2. The van der Waals surface area contributed by atoms with E-state index in [0.717, 1.165) is 35.1 Å². The highest BCUT2D eigenvalue weighted by Crippen LogP contribution is 2.50. The van der Waals surface area contributed by atoms with Gasteiger partial charge in [-0.2, -0.15) is 10.4 Å². The zero-order valence-electron chi connectivity index (χ0n) is 14.4. The fourth-order valence-corrected chi connectivity index (χ4v) is 4.05. The molecule has 128 valence electrons. The van der Waals surface area contributed by atoms with Crippen LogP contribution in [0.4, 0.5) is 5.82 Å². The maximum Gasteiger partial charge on any atom is 0.154 e. The molecule has 25 heavy (non-hydrogen) atoms. The molecule has 1 atom stereocenters. The highest BCUT2D eigenvalue weighted by Gasteiger charge is 2.41. The van der Waals surface area contributed by atoms with Crippen LogP contribution in [0.2, 0.25) is 0 Å². The standard InChI is InChI=1S/C18H21N7/c1-18(2)7-11(8-18)14(3-5-19)25-9-13(16(20)24-25)15-12-4-6-21-17(12)23-10-22-15/h4,6,9-11,14H,3,7-8H2,1-2H3,(H2,20,24)(H,21,22,23). The van der Waals surface area contributed by atoms with Gasteiger partial charge in [-0.15, -0.1) is 0 Å². The van der Waals surface area contributed by atoms with E-state index in [9.17, 15) is 5.26 Å². The van der Waals surface area contributed by atoms with E-state index in [-0.39, 0.29) is 6.04 Å². The number of aromatic nitrogens is 5. The van der Waals surface area contributed by atoms with E-state index in [1.807, 2.05) is 23.1 Å². The van der Waals surface area contributed by atoms with Crippen molar-refractivity contribution in [2.75, 3.05) is 5.73 Å². The van der Waals surface area contributed by atoms with Gasteiger partial charge in [0.15, 0.2) is 5.82 Å². The molecule has 3 heterocycles. The number of nitriles is 1. The Kier molecular flexibility index (Phi) is 3.49. The van der Waals surface area contributed by atoms with E-state index in [2.05, 4.69) is 40.0 Å². The van der Waals surface area contributed by atoms with Gasteiger partial charge in [-0.05, 0) is 30.2 Å². The van der Waals surface area contributed by atoms with Gasteiger partial charge in [0.25, 0.3) is 0 Å². The quantitative estimate of drug-likeness (QED) is 0.760. The summed E-state index contributed by atoms with van der Waals surface area (Å²) in [6.07, 6.45) is 7.92. The van der Waals surface area contributed by atoms with Crippen molar-refractivity contribution in [1.29, 1.82) is 5.26 Å². The number of nitrogens with two attached hydrogens (primary N) is 1. The third-order valence-corrected chi connectivity index (χ3v) is 5.18. The minimum Gasteiger partial charge on any atom is -0.382 e. The van der Waals surface area contributed by atoms with Crippen molar-refractivity contribution in [3.63, 3.8) is 0 Å². The van der Waals surface area contributed by atoms with Gasteiger partial charge in [0.05, 0.1) is 29.8 Å². The number of nitrogens with one attached hydrogen (secondary N) is 1. The first-order valence-corrected chi connectivity index (χ1v) is 8.48. The Labute approximate surface area is 145 Å². The van der Waals surface area contributed by atoms with Crippen molar-refractivity contribution in [3.05, 3.63) is 24.8 Å². The second-order valence-corrected chi connectivity index (χ2v) is 7.63. The van der Waals surface area contributed by atoms with Gasteiger partial charge < -0.3 is 10.7 Å². The molecule has 4 rings (SSSR count). The molecular weight excluding hydrogens is 314 g/mol. The van der Waals surface area contributed by atoms with E-state index >= 15 is 0 Å². The predicted molar refractivity (Wildman–Crippen MR) is 95.3 cm³/mol. The van der Waals surface area contributed by atoms with Gasteiger partial charge in [-0.3, -0.25) is 4.68 Å². The van der Waals surface area contributed by atoms with Gasteiger partial charge in [0, 0.05) is 17.8 Å². The molecule has 0 spiro atoms. The van der Waals surface area contributed by atoms with Gasteiger partial charge >= 0.3 is 0 Å². The lowest BCUT2D eigenvalue weighted by Crippen LogP contribution is -2.37. The number of anilines is 1. The molecule has 1 aliphatic carbocycles. The summed E-state index contributed by atoms with van der Waals surface area (Å²) in [7, 11) is 0. The molecule has 1 aliphatic rings. The lowest BCUT2D eigenvalue weighted by Gasteiger charge is -2.46. The molecule has 0 radical (unpaired) electrons. The molecule has 0 bridgehead atoms. The summed E-state index contributed by atoms with van der Waals surface area (Å²) >= 11 is 0. The van der Waals surface area contributed by atoms with E-state index in [1.165, 1.54) is 6.33 Å². The third-order valence-electron chi connectivity index (χ3n) is 5.18. The Morgan fingerprint density at radius 2 is 2.24 bits per heavy atom. The van der Waals surface area contributed by atoms with E-state index in [1.54, 1.807) is 0 Å². The highest BCUT2D eigenvalue weighted by atomic mass is 15.3. The normalized spacial score (nSPS) is 18.0. The molecular formula is C18H21N7. The molecule has 0 amide bonds. The van der Waals surface area contributed by atoms with E-state index in [0.29, 0.717) is 23.6 Å². The summed E-state index contributed by atoms with van der Waals surface area (Å²) in [5.41, 5.74) is 8.86. The van der Waals surface area contributed by atoms with Crippen LogP contribution in [0.5, 0.6) is 0 Å². The fraction of sp³-hybridized carbons (Fsp3) is 0.444. The minimum atomic E-state index is 0.0534. The summed E-state index contributed by atoms with van der Waals surface area (Å²) in [6.45, 7) is 4.53. The van der Waals surface area contributed by atoms with E-state index in [4.69, 9.17) is 5.73 Å². The smallest absolute Gasteiger partial charge is 0.154 e. The SMILES string of the molecule is CC1(C)CC(C(CC#N)n2cc(-c3ncnc4[nH]ccc34)c(N)n2)C1. The molecule has 0 saturated heterocycles. The first kappa shape index (κ1) is 15.6. The van der Waals surface area contributed by atoms with Gasteiger partial charge in [-0.1, -0.05) is 13.8 Å². The summed E-state index contributed by atoms with van der Waals surface area (Å²) in [5.74, 6) is 0.891. The fourth-order valence-electron chi connectivity index (χ4n) is 4.05. The van der Waals surface area contributed by atoms with Gasteiger partial charge in [0.1, 0.15) is 12.0 Å². The largest absolute Gasteiger partial charge is 0.382 e. The second-order valence-electron chi connectivity index (χ2n) is 7.63. The van der Waals surface area contributed by atoms with Crippen LogP contribution in [0, 0.1) is 22.7 Å². The van der Waals surface area contributed by atoms with Crippen LogP contribution in [0.1, 0.15) is 39.2 Å². The molecule has 0 aliphatic heterocycles. The van der Waals surface area contributed by atoms with Crippen LogP contribution >= 0.6 is 0 Å². The first-order valence-electron chi connectivity index (χ1n) is 8.48. The Bertz CT molecular complexity index is 951. The van der Waals surface area contributed by atoms with Crippen molar-refractivity contribution < 1.29 is 0 Å². The number of fused-ring (bicyclic) bond motifs is 1. The van der Waals surface area contributed by atoms with Crippen LogP contribution in [0.15, 0.2) is 24.8 Å². The molecule has 3 aromatic rings. The third kappa shape index (κ3) is 2.64.